The molecule has 2 saturated heterocycles. The van der Waals surface area contributed by atoms with Crippen molar-refractivity contribution in [3.05, 3.63) is 35.4 Å². The van der Waals surface area contributed by atoms with Gasteiger partial charge in [0.1, 0.15) is 11.6 Å². The van der Waals surface area contributed by atoms with Gasteiger partial charge in [0, 0.05) is 45.3 Å². The van der Waals surface area contributed by atoms with Crippen LogP contribution < -0.4 is 0 Å². The lowest BCUT2D eigenvalue weighted by Crippen LogP contribution is -2.52. The third-order valence-electron chi connectivity index (χ3n) is 5.61. The van der Waals surface area contributed by atoms with Gasteiger partial charge in [-0.3, -0.25) is 9.59 Å². The van der Waals surface area contributed by atoms with Gasteiger partial charge in [-0.05, 0) is 43.2 Å². The Bertz CT molecular complexity index is 687. The van der Waals surface area contributed by atoms with Gasteiger partial charge >= 0.3 is 0 Å². The topological polar surface area (TPSA) is 60.9 Å². The summed E-state index contributed by atoms with van der Waals surface area (Å²) in [5.41, 5.74) is -0.118. The van der Waals surface area contributed by atoms with Crippen LogP contribution in [0.3, 0.4) is 0 Å². The highest BCUT2D eigenvalue weighted by atomic mass is 19.1. The third-order valence-corrected chi connectivity index (χ3v) is 5.61. The van der Waals surface area contributed by atoms with Crippen LogP contribution in [0.4, 0.5) is 8.78 Å². The summed E-state index contributed by atoms with van der Waals surface area (Å²) >= 11 is 0. The van der Waals surface area contributed by atoms with E-state index in [4.69, 9.17) is 5.11 Å². The molecule has 0 aromatic heterocycles. The minimum absolute atomic E-state index is 0.0124. The Morgan fingerprint density at radius 3 is 2.58 bits per heavy atom. The quantitative estimate of drug-likeness (QED) is 0.889. The van der Waals surface area contributed by atoms with E-state index in [2.05, 4.69) is 0 Å². The molecule has 142 valence electrons. The van der Waals surface area contributed by atoms with Crippen molar-refractivity contribution in [2.75, 3.05) is 32.8 Å². The standard InChI is InChI=1S/C19H24F2N2O3/c20-14-2-3-15(16(21)12-14)18(26)22-9-6-19(7-10-22)5-4-17(25)23(13-19)8-1-11-24/h2-3,12,24H,1,4-11,13H2. The molecule has 0 saturated carbocycles. The fraction of sp³-hybridized carbons (Fsp3) is 0.579. The smallest absolute Gasteiger partial charge is 0.256 e. The van der Waals surface area contributed by atoms with Crippen molar-refractivity contribution in [2.45, 2.75) is 32.1 Å². The lowest BCUT2D eigenvalue weighted by molar-refractivity contribution is -0.139. The zero-order valence-corrected chi connectivity index (χ0v) is 14.7. The van der Waals surface area contributed by atoms with Crippen LogP contribution in [-0.4, -0.2) is 59.5 Å². The predicted octanol–water partition coefficient (Wildman–Crippen LogP) is 2.19. The monoisotopic (exact) mass is 366 g/mol. The number of carbonyl (C=O) groups excluding carboxylic acids is 2. The first-order valence-corrected chi connectivity index (χ1v) is 9.07. The number of benzene rings is 1. The fourth-order valence-electron chi connectivity index (χ4n) is 3.99. The summed E-state index contributed by atoms with van der Waals surface area (Å²) in [6, 6.07) is 3.01. The number of nitrogens with zero attached hydrogens (tertiary/aromatic N) is 2. The number of piperidine rings is 2. The average Bonchev–Trinajstić information content (AvgIpc) is 2.63. The SMILES string of the molecule is O=C1CCC2(CCN(C(=O)c3ccc(F)cc3F)CC2)CN1CCCO. The van der Waals surface area contributed by atoms with E-state index in [1.54, 1.807) is 4.90 Å². The molecule has 0 aliphatic carbocycles. The Labute approximate surface area is 151 Å². The minimum atomic E-state index is -0.839. The molecule has 2 fully saturated rings. The van der Waals surface area contributed by atoms with Crippen molar-refractivity contribution in [1.82, 2.24) is 9.80 Å². The summed E-state index contributed by atoms with van der Waals surface area (Å²) in [6.45, 7) is 2.26. The van der Waals surface area contributed by atoms with Gasteiger partial charge < -0.3 is 14.9 Å². The summed E-state index contributed by atoms with van der Waals surface area (Å²) in [5.74, 6) is -1.84. The Balaban J connectivity index is 1.63. The van der Waals surface area contributed by atoms with Crippen molar-refractivity contribution in [3.8, 4) is 0 Å². The van der Waals surface area contributed by atoms with E-state index in [0.717, 1.165) is 31.4 Å². The summed E-state index contributed by atoms with van der Waals surface area (Å²) < 4.78 is 26.9. The van der Waals surface area contributed by atoms with Crippen LogP contribution in [0.2, 0.25) is 0 Å². The molecule has 2 amide bonds. The maximum Gasteiger partial charge on any atom is 0.256 e. The number of aliphatic hydroxyl groups is 1. The first-order chi connectivity index (χ1) is 12.4. The molecule has 1 N–H and O–H groups in total. The van der Waals surface area contributed by atoms with Crippen LogP contribution in [0.1, 0.15) is 42.5 Å². The van der Waals surface area contributed by atoms with E-state index < -0.39 is 17.5 Å². The zero-order valence-electron chi connectivity index (χ0n) is 14.7. The summed E-state index contributed by atoms with van der Waals surface area (Å²) in [6.07, 6.45) is 3.37. The van der Waals surface area contributed by atoms with Gasteiger partial charge in [-0.15, -0.1) is 0 Å². The predicted molar refractivity (Wildman–Crippen MR) is 91.4 cm³/mol. The third kappa shape index (κ3) is 3.87. The molecule has 2 heterocycles. The summed E-state index contributed by atoms with van der Waals surface area (Å²) in [4.78, 5) is 28.0. The van der Waals surface area contributed by atoms with Crippen LogP contribution >= 0.6 is 0 Å². The molecule has 5 nitrogen and oxygen atoms in total. The number of amides is 2. The largest absolute Gasteiger partial charge is 0.396 e. The van der Waals surface area contributed by atoms with Crippen LogP contribution in [0.25, 0.3) is 0 Å². The molecular weight excluding hydrogens is 342 g/mol. The molecule has 2 aliphatic heterocycles. The van der Waals surface area contributed by atoms with E-state index in [0.29, 0.717) is 39.0 Å². The Hall–Kier alpha value is -2.02. The maximum absolute atomic E-state index is 13.9. The maximum atomic E-state index is 13.9. The number of halogens is 2. The molecule has 0 radical (unpaired) electrons. The number of aliphatic hydroxyl groups excluding tert-OH is 1. The van der Waals surface area contributed by atoms with Crippen molar-refractivity contribution in [3.63, 3.8) is 0 Å². The molecular formula is C19H24F2N2O3. The number of rotatable bonds is 4. The van der Waals surface area contributed by atoms with Gasteiger partial charge in [-0.1, -0.05) is 0 Å². The van der Waals surface area contributed by atoms with Gasteiger partial charge in [0.25, 0.3) is 5.91 Å². The molecule has 1 aromatic carbocycles. The van der Waals surface area contributed by atoms with Gasteiger partial charge in [-0.2, -0.15) is 0 Å². The minimum Gasteiger partial charge on any atom is -0.396 e. The second-order valence-electron chi connectivity index (χ2n) is 7.31. The van der Waals surface area contributed by atoms with Crippen molar-refractivity contribution >= 4 is 11.8 Å². The second kappa shape index (κ2) is 7.70. The molecule has 1 aromatic rings. The first-order valence-electron chi connectivity index (χ1n) is 9.07. The van der Waals surface area contributed by atoms with Gasteiger partial charge in [-0.25, -0.2) is 8.78 Å². The van der Waals surface area contributed by atoms with E-state index >= 15 is 0 Å². The Kier molecular flexibility index (Phi) is 5.55. The number of hydrogen-bond acceptors (Lipinski definition) is 3. The number of carbonyl (C=O) groups is 2. The van der Waals surface area contributed by atoms with Gasteiger partial charge in [0.15, 0.2) is 0 Å². The van der Waals surface area contributed by atoms with Crippen LogP contribution in [0.5, 0.6) is 0 Å². The molecule has 0 atom stereocenters. The van der Waals surface area contributed by atoms with E-state index in [9.17, 15) is 18.4 Å². The molecule has 0 unspecified atom stereocenters. The van der Waals surface area contributed by atoms with Crippen molar-refractivity contribution < 1.29 is 23.5 Å². The Morgan fingerprint density at radius 1 is 1.19 bits per heavy atom. The van der Waals surface area contributed by atoms with E-state index in [-0.39, 0.29) is 23.5 Å². The lowest BCUT2D eigenvalue weighted by Gasteiger charge is -2.47. The normalized spacial score (nSPS) is 19.9. The van der Waals surface area contributed by atoms with Crippen LogP contribution in [0.15, 0.2) is 18.2 Å². The number of likely N-dealkylation sites (tertiary alicyclic amines) is 2. The Morgan fingerprint density at radius 2 is 1.92 bits per heavy atom. The number of hydrogen-bond donors (Lipinski definition) is 1. The summed E-state index contributed by atoms with van der Waals surface area (Å²) in [7, 11) is 0. The molecule has 0 bridgehead atoms. The summed E-state index contributed by atoms with van der Waals surface area (Å²) in [5, 5.41) is 8.99. The zero-order chi connectivity index (χ0) is 18.7. The van der Waals surface area contributed by atoms with Crippen LogP contribution in [-0.2, 0) is 4.79 Å². The highest BCUT2D eigenvalue weighted by Gasteiger charge is 2.41. The first kappa shape index (κ1) is 18.8. The lowest BCUT2D eigenvalue weighted by atomic mass is 9.72. The highest BCUT2D eigenvalue weighted by Crippen LogP contribution is 2.40. The van der Waals surface area contributed by atoms with Crippen molar-refractivity contribution in [2.24, 2.45) is 5.41 Å². The molecule has 1 spiro atoms. The van der Waals surface area contributed by atoms with Gasteiger partial charge in [0.05, 0.1) is 5.56 Å². The average molecular weight is 366 g/mol. The van der Waals surface area contributed by atoms with Crippen molar-refractivity contribution in [1.29, 1.82) is 0 Å². The molecule has 26 heavy (non-hydrogen) atoms. The van der Waals surface area contributed by atoms with Crippen LogP contribution in [0, 0.1) is 17.0 Å². The van der Waals surface area contributed by atoms with Gasteiger partial charge in [0.2, 0.25) is 5.91 Å². The second-order valence-corrected chi connectivity index (χ2v) is 7.31. The molecule has 3 rings (SSSR count). The molecule has 2 aliphatic rings. The van der Waals surface area contributed by atoms with E-state index in [1.165, 1.54) is 6.07 Å². The van der Waals surface area contributed by atoms with E-state index in [1.807, 2.05) is 4.90 Å². The molecule has 7 heteroatoms. The fourth-order valence-corrected chi connectivity index (χ4v) is 3.99. The highest BCUT2D eigenvalue weighted by molar-refractivity contribution is 5.94.